The normalized spacial score (nSPS) is 13.1. The molecule has 0 radical (unpaired) electrons. The summed E-state index contributed by atoms with van der Waals surface area (Å²) in [4.78, 5) is 12.9. The molecule has 0 N–H and O–H groups in total. The van der Waals surface area contributed by atoms with E-state index in [9.17, 15) is 9.18 Å². The number of thioether (sulfide) groups is 1. The van der Waals surface area contributed by atoms with Crippen LogP contribution in [0.15, 0.2) is 53.7 Å². The van der Waals surface area contributed by atoms with Gasteiger partial charge in [-0.2, -0.15) is 0 Å². The first-order valence-corrected chi connectivity index (χ1v) is 9.57. The highest BCUT2D eigenvalue weighted by atomic mass is 32.2. The largest absolute Gasteiger partial charge is 0.493 e. The number of carbonyl (C=O) groups is 1. The van der Waals surface area contributed by atoms with Gasteiger partial charge in [0.2, 0.25) is 5.16 Å². The summed E-state index contributed by atoms with van der Waals surface area (Å²) >= 11 is 1.48. The minimum atomic E-state index is -0.563. The maximum atomic E-state index is 14.1. The molecule has 2 heterocycles. The van der Waals surface area contributed by atoms with E-state index in [1.807, 2.05) is 12.1 Å². The van der Waals surface area contributed by atoms with Crippen molar-refractivity contribution in [2.75, 3.05) is 24.4 Å². The lowest BCUT2D eigenvalue weighted by Crippen LogP contribution is -2.46. The number of hydrogen-bond donors (Lipinski definition) is 0. The van der Waals surface area contributed by atoms with Crippen molar-refractivity contribution in [1.82, 2.24) is 14.9 Å². The summed E-state index contributed by atoms with van der Waals surface area (Å²) in [5.74, 6) is 1.22. The highest BCUT2D eigenvalue weighted by Gasteiger charge is 2.29. The van der Waals surface area contributed by atoms with E-state index in [4.69, 9.17) is 9.47 Å². The summed E-state index contributed by atoms with van der Waals surface area (Å²) in [7, 11) is 1.56. The van der Waals surface area contributed by atoms with Crippen LogP contribution >= 0.6 is 11.8 Å². The Labute approximate surface area is 165 Å². The maximum absolute atomic E-state index is 14.1. The van der Waals surface area contributed by atoms with Gasteiger partial charge in [-0.15, -0.1) is 10.2 Å². The Morgan fingerprint density at radius 2 is 1.89 bits per heavy atom. The van der Waals surface area contributed by atoms with Gasteiger partial charge in [-0.3, -0.25) is 4.79 Å². The van der Waals surface area contributed by atoms with Crippen LogP contribution in [-0.2, 0) is 6.61 Å². The van der Waals surface area contributed by atoms with Gasteiger partial charge < -0.3 is 9.47 Å². The van der Waals surface area contributed by atoms with E-state index >= 15 is 0 Å². The third kappa shape index (κ3) is 3.40. The Balaban J connectivity index is 1.62. The average Bonchev–Trinajstić information content (AvgIpc) is 3.15. The molecule has 0 spiro atoms. The highest BCUT2D eigenvalue weighted by Crippen LogP contribution is 2.28. The van der Waals surface area contributed by atoms with Crippen LogP contribution in [0.3, 0.4) is 0 Å². The first-order valence-electron chi connectivity index (χ1n) is 8.58. The molecule has 0 aliphatic carbocycles. The Kier molecular flexibility index (Phi) is 5.16. The minimum absolute atomic E-state index is 0.00523. The van der Waals surface area contributed by atoms with E-state index in [1.54, 1.807) is 36.1 Å². The van der Waals surface area contributed by atoms with Gasteiger partial charge in [0.15, 0.2) is 17.3 Å². The van der Waals surface area contributed by atoms with E-state index < -0.39 is 11.7 Å². The van der Waals surface area contributed by atoms with Gasteiger partial charge in [-0.1, -0.05) is 36.0 Å². The van der Waals surface area contributed by atoms with Gasteiger partial charge in [-0.05, 0) is 24.3 Å². The second-order valence-electron chi connectivity index (χ2n) is 5.91. The number of para-hydroxylation sites is 2. The van der Waals surface area contributed by atoms with Crippen LogP contribution in [0.5, 0.6) is 11.5 Å². The molecule has 3 aromatic rings. The van der Waals surface area contributed by atoms with Crippen LogP contribution in [-0.4, -0.2) is 40.2 Å². The van der Waals surface area contributed by atoms with Crippen molar-refractivity contribution in [3.63, 3.8) is 0 Å². The van der Waals surface area contributed by atoms with Crippen LogP contribution < -0.4 is 14.5 Å². The van der Waals surface area contributed by atoms with Crippen molar-refractivity contribution in [3.05, 3.63) is 65.7 Å². The van der Waals surface area contributed by atoms with Crippen LogP contribution in [0.4, 0.5) is 4.39 Å². The first-order chi connectivity index (χ1) is 13.7. The Morgan fingerprint density at radius 1 is 1.14 bits per heavy atom. The molecular weight excluding hydrogens is 383 g/mol. The van der Waals surface area contributed by atoms with Gasteiger partial charge in [0.05, 0.1) is 19.2 Å². The third-order valence-corrected chi connectivity index (χ3v) is 5.12. The van der Waals surface area contributed by atoms with Crippen molar-refractivity contribution in [2.45, 2.75) is 11.8 Å². The molecule has 0 atom stereocenters. The van der Waals surface area contributed by atoms with E-state index in [0.717, 1.165) is 0 Å². The van der Waals surface area contributed by atoms with Crippen molar-refractivity contribution in [3.8, 4) is 11.5 Å². The fourth-order valence-corrected chi connectivity index (χ4v) is 3.76. The van der Waals surface area contributed by atoms with Crippen LogP contribution in [0.2, 0.25) is 0 Å². The molecule has 1 aromatic heterocycles. The fraction of sp³-hybridized carbons (Fsp3) is 0.211. The predicted molar refractivity (Wildman–Crippen MR) is 102 cm³/mol. The van der Waals surface area contributed by atoms with Gasteiger partial charge in [0.25, 0.3) is 5.91 Å². The Bertz CT molecular complexity index is 1010. The maximum Gasteiger partial charge on any atom is 0.275 e. The monoisotopic (exact) mass is 400 g/mol. The molecule has 0 bridgehead atoms. The van der Waals surface area contributed by atoms with Gasteiger partial charge >= 0.3 is 0 Å². The molecule has 1 amide bonds. The summed E-state index contributed by atoms with van der Waals surface area (Å²) in [6, 6.07) is 13.2. The molecule has 0 fully saturated rings. The summed E-state index contributed by atoms with van der Waals surface area (Å²) in [5.41, 5.74) is 0.00523. The number of nitrogens with zero attached hydrogens (tertiary/aromatic N) is 4. The topological polar surface area (TPSA) is 69.5 Å². The zero-order valence-corrected chi connectivity index (χ0v) is 15.9. The molecule has 2 aromatic carbocycles. The zero-order chi connectivity index (χ0) is 19.5. The molecule has 28 heavy (non-hydrogen) atoms. The zero-order valence-electron chi connectivity index (χ0n) is 15.0. The smallest absolute Gasteiger partial charge is 0.275 e. The van der Waals surface area contributed by atoms with Crippen LogP contribution in [0.1, 0.15) is 16.2 Å². The van der Waals surface area contributed by atoms with Crippen LogP contribution in [0.25, 0.3) is 0 Å². The summed E-state index contributed by atoms with van der Waals surface area (Å²) < 4.78 is 26.8. The molecule has 0 saturated carbocycles. The van der Waals surface area contributed by atoms with Gasteiger partial charge in [-0.25, -0.2) is 14.1 Å². The minimum Gasteiger partial charge on any atom is -0.493 e. The number of aromatic nitrogens is 3. The number of rotatable bonds is 5. The van der Waals surface area contributed by atoms with E-state index in [-0.39, 0.29) is 12.2 Å². The van der Waals surface area contributed by atoms with Crippen LogP contribution in [0, 0.1) is 5.82 Å². The fourth-order valence-electron chi connectivity index (χ4n) is 2.89. The number of halogens is 1. The molecular formula is C19H17FN4O3S. The summed E-state index contributed by atoms with van der Waals surface area (Å²) in [5, 5.41) is 10.3. The number of hydrogen-bond acceptors (Lipinski definition) is 6. The van der Waals surface area contributed by atoms with Crippen molar-refractivity contribution in [1.29, 1.82) is 0 Å². The molecule has 9 heteroatoms. The van der Waals surface area contributed by atoms with Crippen molar-refractivity contribution in [2.24, 2.45) is 0 Å². The van der Waals surface area contributed by atoms with Crippen molar-refractivity contribution < 1.29 is 18.7 Å². The van der Waals surface area contributed by atoms with Gasteiger partial charge in [0.1, 0.15) is 12.4 Å². The third-order valence-electron chi connectivity index (χ3n) is 4.22. The second kappa shape index (κ2) is 7.89. The Hall–Kier alpha value is -3.07. The Morgan fingerprint density at radius 3 is 2.68 bits per heavy atom. The SMILES string of the molecule is COc1ccccc1OCc1nnc2n1N(C(=O)c1ccccc1F)CCS2. The lowest BCUT2D eigenvalue weighted by Gasteiger charge is -2.29. The number of carbonyl (C=O) groups excluding carboxylic acids is 1. The molecule has 144 valence electrons. The van der Waals surface area contributed by atoms with E-state index in [0.29, 0.717) is 34.8 Å². The molecule has 0 unspecified atom stereocenters. The van der Waals surface area contributed by atoms with Gasteiger partial charge in [0, 0.05) is 5.75 Å². The standard InChI is InChI=1S/C19H17FN4O3S/c1-26-15-8-4-5-9-16(15)27-12-17-21-22-19-24(17)23(10-11-28-19)18(25)13-6-2-3-7-14(13)20/h2-9H,10-12H2,1H3. The van der Waals surface area contributed by atoms with E-state index in [2.05, 4.69) is 10.2 Å². The number of benzene rings is 2. The quantitative estimate of drug-likeness (QED) is 0.656. The average molecular weight is 400 g/mol. The lowest BCUT2D eigenvalue weighted by atomic mass is 10.2. The molecule has 1 aliphatic rings. The number of ether oxygens (including phenoxy) is 2. The molecule has 7 nitrogen and oxygen atoms in total. The first kappa shape index (κ1) is 18.3. The molecule has 4 rings (SSSR count). The lowest BCUT2D eigenvalue weighted by molar-refractivity contribution is 0.0948. The number of amides is 1. The predicted octanol–water partition coefficient (Wildman–Crippen LogP) is 2.89. The molecule has 1 aliphatic heterocycles. The van der Waals surface area contributed by atoms with Crippen molar-refractivity contribution >= 4 is 17.7 Å². The second-order valence-corrected chi connectivity index (χ2v) is 6.97. The van der Waals surface area contributed by atoms with E-state index in [1.165, 1.54) is 28.9 Å². The summed E-state index contributed by atoms with van der Waals surface area (Å²) in [6.07, 6.45) is 0. The number of fused-ring (bicyclic) bond motifs is 1. The molecule has 0 saturated heterocycles. The highest BCUT2D eigenvalue weighted by molar-refractivity contribution is 7.99. The number of methoxy groups -OCH3 is 1. The summed E-state index contributed by atoms with van der Waals surface area (Å²) in [6.45, 7) is 0.486.